The molecule has 1 aliphatic rings. The molecule has 102 valence electrons. The number of morpholine rings is 1. The molecule has 19 heavy (non-hydrogen) atoms. The predicted molar refractivity (Wildman–Crippen MR) is 73.3 cm³/mol. The summed E-state index contributed by atoms with van der Waals surface area (Å²) in [4.78, 5) is 11.1. The fraction of sp³-hybridized carbons (Fsp3) is 0.615. The summed E-state index contributed by atoms with van der Waals surface area (Å²) in [6.45, 7) is 7.86. The van der Waals surface area contributed by atoms with Crippen LogP contribution in [-0.2, 0) is 11.8 Å². The molecule has 1 saturated heterocycles. The van der Waals surface area contributed by atoms with Crippen LogP contribution in [0, 0.1) is 6.92 Å². The van der Waals surface area contributed by atoms with Crippen LogP contribution in [0.5, 0.6) is 0 Å². The zero-order valence-electron chi connectivity index (χ0n) is 11.8. The Morgan fingerprint density at radius 2 is 1.89 bits per heavy atom. The third kappa shape index (κ3) is 2.06. The minimum Gasteiger partial charge on any atom is -0.372 e. The van der Waals surface area contributed by atoms with E-state index >= 15 is 0 Å². The standard InChI is InChI=1S/C13H19N5O/c1-8-5-18(6-9(2)19-8)13-12-11(14-7-15-13)10(3)16-17(12)4/h7-9H,5-6H2,1-4H3/t8-,9-/m1/s1. The molecular weight excluding hydrogens is 242 g/mol. The minimum absolute atomic E-state index is 0.211. The molecule has 2 aromatic rings. The number of aryl methyl sites for hydroxylation is 2. The SMILES string of the molecule is Cc1nn(C)c2c(N3C[C@@H](C)O[C@H](C)C3)ncnc12. The molecule has 0 unspecified atom stereocenters. The van der Waals surface area contributed by atoms with Gasteiger partial charge in [0.2, 0.25) is 0 Å². The van der Waals surface area contributed by atoms with E-state index in [0.717, 1.165) is 35.6 Å². The number of nitrogens with zero attached hydrogens (tertiary/aromatic N) is 5. The molecule has 0 bridgehead atoms. The first-order valence-corrected chi connectivity index (χ1v) is 6.61. The van der Waals surface area contributed by atoms with Gasteiger partial charge in [0.25, 0.3) is 0 Å². The summed E-state index contributed by atoms with van der Waals surface area (Å²) in [5, 5.41) is 4.44. The molecule has 6 heteroatoms. The average molecular weight is 261 g/mol. The molecule has 1 aliphatic heterocycles. The molecule has 2 atom stereocenters. The quantitative estimate of drug-likeness (QED) is 0.774. The Bertz CT molecular complexity index is 598. The van der Waals surface area contributed by atoms with Gasteiger partial charge < -0.3 is 9.64 Å². The topological polar surface area (TPSA) is 56.1 Å². The van der Waals surface area contributed by atoms with Crippen LogP contribution in [0.15, 0.2) is 6.33 Å². The highest BCUT2D eigenvalue weighted by Gasteiger charge is 2.26. The molecule has 0 radical (unpaired) electrons. The normalized spacial score (nSPS) is 24.1. The third-order valence-corrected chi connectivity index (χ3v) is 3.49. The molecule has 0 aliphatic carbocycles. The fourth-order valence-corrected chi connectivity index (χ4v) is 2.84. The van der Waals surface area contributed by atoms with Crippen LogP contribution in [0.4, 0.5) is 5.82 Å². The van der Waals surface area contributed by atoms with Crippen LogP contribution < -0.4 is 4.90 Å². The lowest BCUT2D eigenvalue weighted by atomic mass is 10.2. The van der Waals surface area contributed by atoms with E-state index in [0.29, 0.717) is 0 Å². The van der Waals surface area contributed by atoms with Gasteiger partial charge in [0.05, 0.1) is 17.9 Å². The van der Waals surface area contributed by atoms with E-state index in [1.165, 1.54) is 0 Å². The Hall–Kier alpha value is -1.69. The highest BCUT2D eigenvalue weighted by Crippen LogP contribution is 2.26. The number of anilines is 1. The molecule has 0 N–H and O–H groups in total. The molecule has 0 amide bonds. The van der Waals surface area contributed by atoms with Crippen molar-refractivity contribution in [3.05, 3.63) is 12.0 Å². The van der Waals surface area contributed by atoms with Gasteiger partial charge in [-0.15, -0.1) is 0 Å². The van der Waals surface area contributed by atoms with Crippen molar-refractivity contribution in [3.8, 4) is 0 Å². The van der Waals surface area contributed by atoms with Gasteiger partial charge in [-0.3, -0.25) is 4.68 Å². The third-order valence-electron chi connectivity index (χ3n) is 3.49. The van der Waals surface area contributed by atoms with Gasteiger partial charge in [-0.2, -0.15) is 5.10 Å². The molecule has 1 fully saturated rings. The Kier molecular flexibility index (Phi) is 2.89. The largest absolute Gasteiger partial charge is 0.372 e. The zero-order valence-corrected chi connectivity index (χ0v) is 11.8. The maximum Gasteiger partial charge on any atom is 0.158 e. The summed E-state index contributed by atoms with van der Waals surface area (Å²) in [5.74, 6) is 0.954. The van der Waals surface area contributed by atoms with Crippen LogP contribution in [-0.4, -0.2) is 45.0 Å². The highest BCUT2D eigenvalue weighted by atomic mass is 16.5. The van der Waals surface area contributed by atoms with E-state index in [1.807, 2.05) is 18.7 Å². The molecule has 0 aromatic carbocycles. The molecule has 3 heterocycles. The van der Waals surface area contributed by atoms with Crippen molar-refractivity contribution in [1.82, 2.24) is 19.7 Å². The number of ether oxygens (including phenoxy) is 1. The van der Waals surface area contributed by atoms with Crippen molar-refractivity contribution in [2.45, 2.75) is 33.0 Å². The molecular formula is C13H19N5O. The highest BCUT2D eigenvalue weighted by molar-refractivity contribution is 5.87. The van der Waals surface area contributed by atoms with Crippen LogP contribution in [0.3, 0.4) is 0 Å². The Morgan fingerprint density at radius 3 is 2.58 bits per heavy atom. The minimum atomic E-state index is 0.211. The van der Waals surface area contributed by atoms with Gasteiger partial charge in [-0.05, 0) is 20.8 Å². The zero-order chi connectivity index (χ0) is 13.6. The Labute approximate surface area is 112 Å². The Morgan fingerprint density at radius 1 is 1.21 bits per heavy atom. The molecule has 0 saturated carbocycles. The summed E-state index contributed by atoms with van der Waals surface area (Å²) >= 11 is 0. The van der Waals surface area contributed by atoms with Gasteiger partial charge in [0.1, 0.15) is 17.4 Å². The maximum absolute atomic E-state index is 5.78. The van der Waals surface area contributed by atoms with Gasteiger partial charge >= 0.3 is 0 Å². The van der Waals surface area contributed by atoms with Crippen molar-refractivity contribution in [2.24, 2.45) is 7.05 Å². The first-order valence-electron chi connectivity index (χ1n) is 6.61. The van der Waals surface area contributed by atoms with Gasteiger partial charge in [-0.25, -0.2) is 9.97 Å². The number of hydrogen-bond donors (Lipinski definition) is 0. The molecule has 3 rings (SSSR count). The van der Waals surface area contributed by atoms with E-state index < -0.39 is 0 Å². The number of fused-ring (bicyclic) bond motifs is 1. The van der Waals surface area contributed by atoms with Gasteiger partial charge in [0.15, 0.2) is 5.82 Å². The number of hydrogen-bond acceptors (Lipinski definition) is 5. The van der Waals surface area contributed by atoms with Crippen LogP contribution in [0.2, 0.25) is 0 Å². The second-order valence-corrected chi connectivity index (χ2v) is 5.27. The monoisotopic (exact) mass is 261 g/mol. The van der Waals surface area contributed by atoms with Crippen LogP contribution in [0.1, 0.15) is 19.5 Å². The first-order chi connectivity index (χ1) is 9.06. The number of aromatic nitrogens is 4. The second kappa shape index (κ2) is 4.45. The van der Waals surface area contributed by atoms with Crippen molar-refractivity contribution in [3.63, 3.8) is 0 Å². The van der Waals surface area contributed by atoms with E-state index in [1.54, 1.807) is 6.33 Å². The second-order valence-electron chi connectivity index (χ2n) is 5.27. The predicted octanol–water partition coefficient (Wildman–Crippen LogP) is 1.29. The molecule has 2 aromatic heterocycles. The fourth-order valence-electron chi connectivity index (χ4n) is 2.84. The van der Waals surface area contributed by atoms with E-state index in [4.69, 9.17) is 4.74 Å². The summed E-state index contributed by atoms with van der Waals surface area (Å²) in [7, 11) is 1.94. The van der Waals surface area contributed by atoms with E-state index in [9.17, 15) is 0 Å². The molecule has 0 spiro atoms. The lowest BCUT2D eigenvalue weighted by Gasteiger charge is -2.36. The lowest BCUT2D eigenvalue weighted by Crippen LogP contribution is -2.46. The van der Waals surface area contributed by atoms with Crippen LogP contribution >= 0.6 is 0 Å². The van der Waals surface area contributed by atoms with Crippen molar-refractivity contribution >= 4 is 16.9 Å². The average Bonchev–Trinajstić information content (AvgIpc) is 2.64. The van der Waals surface area contributed by atoms with Crippen LogP contribution in [0.25, 0.3) is 11.0 Å². The summed E-state index contributed by atoms with van der Waals surface area (Å²) in [6, 6.07) is 0. The summed E-state index contributed by atoms with van der Waals surface area (Å²) in [5.41, 5.74) is 2.87. The smallest absolute Gasteiger partial charge is 0.158 e. The lowest BCUT2D eigenvalue weighted by molar-refractivity contribution is -0.00539. The Balaban J connectivity index is 2.09. The maximum atomic E-state index is 5.78. The summed E-state index contributed by atoms with van der Waals surface area (Å²) in [6.07, 6.45) is 2.04. The van der Waals surface area contributed by atoms with Crippen molar-refractivity contribution in [2.75, 3.05) is 18.0 Å². The van der Waals surface area contributed by atoms with Gasteiger partial charge in [0, 0.05) is 20.1 Å². The first kappa shape index (κ1) is 12.3. The van der Waals surface area contributed by atoms with E-state index in [2.05, 4.69) is 33.8 Å². The van der Waals surface area contributed by atoms with Crippen molar-refractivity contribution in [1.29, 1.82) is 0 Å². The van der Waals surface area contributed by atoms with Crippen molar-refractivity contribution < 1.29 is 4.74 Å². The summed E-state index contributed by atoms with van der Waals surface area (Å²) < 4.78 is 7.64. The number of rotatable bonds is 1. The van der Waals surface area contributed by atoms with Gasteiger partial charge in [-0.1, -0.05) is 0 Å². The van der Waals surface area contributed by atoms with E-state index in [-0.39, 0.29) is 12.2 Å². The molecule has 6 nitrogen and oxygen atoms in total.